The smallest absolute Gasteiger partial charge is 0.269 e. The fourth-order valence-corrected chi connectivity index (χ4v) is 4.00. The molecule has 8 heteroatoms. The van der Waals surface area contributed by atoms with Crippen LogP contribution in [0, 0.1) is 10.1 Å². The Bertz CT molecular complexity index is 850. The third kappa shape index (κ3) is 4.69. The summed E-state index contributed by atoms with van der Waals surface area (Å²) in [4.78, 5) is 39.8. The maximum atomic E-state index is 12.7. The normalized spacial score (nSPS) is 15.2. The molecule has 0 N–H and O–H groups in total. The molecule has 1 saturated heterocycles. The zero-order valence-corrected chi connectivity index (χ0v) is 16.3. The Kier molecular flexibility index (Phi) is 6.30. The second kappa shape index (κ2) is 8.88. The highest BCUT2D eigenvalue weighted by molar-refractivity contribution is 8.00. The van der Waals surface area contributed by atoms with Crippen LogP contribution in [0.3, 0.4) is 0 Å². The molecule has 0 aromatic heterocycles. The fraction of sp³-hybridized carbons (Fsp3) is 0.300. The lowest BCUT2D eigenvalue weighted by atomic mass is 10.2. The highest BCUT2D eigenvalue weighted by atomic mass is 32.2. The van der Waals surface area contributed by atoms with Gasteiger partial charge in [0.05, 0.1) is 10.2 Å². The van der Waals surface area contributed by atoms with E-state index in [2.05, 4.69) is 0 Å². The Balaban J connectivity index is 1.53. The quantitative estimate of drug-likeness (QED) is 0.438. The van der Waals surface area contributed by atoms with Crippen molar-refractivity contribution >= 4 is 29.3 Å². The zero-order valence-electron chi connectivity index (χ0n) is 15.5. The molecule has 0 spiro atoms. The molecular weight excluding hydrogens is 378 g/mol. The molecule has 3 rings (SSSR count). The zero-order chi connectivity index (χ0) is 20.1. The van der Waals surface area contributed by atoms with Crippen LogP contribution in [-0.4, -0.2) is 58.0 Å². The van der Waals surface area contributed by atoms with Crippen LogP contribution < -0.4 is 0 Å². The highest BCUT2D eigenvalue weighted by Gasteiger charge is 2.27. The van der Waals surface area contributed by atoms with Gasteiger partial charge in [-0.1, -0.05) is 18.2 Å². The van der Waals surface area contributed by atoms with Crippen molar-refractivity contribution in [3.63, 3.8) is 0 Å². The molecule has 146 valence electrons. The van der Waals surface area contributed by atoms with Crippen molar-refractivity contribution in [3.8, 4) is 0 Å². The number of thioether (sulfide) groups is 1. The number of amides is 2. The average Bonchev–Trinajstić information content (AvgIpc) is 2.73. The number of benzene rings is 2. The summed E-state index contributed by atoms with van der Waals surface area (Å²) >= 11 is 1.38. The van der Waals surface area contributed by atoms with Gasteiger partial charge >= 0.3 is 0 Å². The largest absolute Gasteiger partial charge is 0.338 e. The van der Waals surface area contributed by atoms with E-state index >= 15 is 0 Å². The van der Waals surface area contributed by atoms with Gasteiger partial charge in [-0.15, -0.1) is 11.8 Å². The first-order chi connectivity index (χ1) is 13.5. The third-order valence-electron chi connectivity index (χ3n) is 4.61. The first kappa shape index (κ1) is 19.9. The van der Waals surface area contributed by atoms with Gasteiger partial charge in [0, 0.05) is 48.8 Å². The van der Waals surface area contributed by atoms with E-state index in [9.17, 15) is 19.7 Å². The average molecular weight is 399 g/mol. The predicted molar refractivity (Wildman–Crippen MR) is 107 cm³/mol. The number of carbonyl (C=O) groups excluding carboxylic acids is 2. The maximum absolute atomic E-state index is 12.7. The molecule has 1 aliphatic rings. The minimum atomic E-state index is -0.445. The standard InChI is InChI=1S/C20H21N3O4S/c1-15(28-18-9-7-17(8-10-18)23(26)27)19(24)21-11-13-22(14-12-21)20(25)16-5-3-2-4-6-16/h2-10,15H,11-14H2,1H3. The summed E-state index contributed by atoms with van der Waals surface area (Å²) in [7, 11) is 0. The van der Waals surface area contributed by atoms with Gasteiger partial charge < -0.3 is 9.80 Å². The van der Waals surface area contributed by atoms with Crippen molar-refractivity contribution in [2.75, 3.05) is 26.2 Å². The van der Waals surface area contributed by atoms with Crippen molar-refractivity contribution in [1.29, 1.82) is 0 Å². The Morgan fingerprint density at radius 1 is 0.964 bits per heavy atom. The number of nitrogens with zero attached hydrogens (tertiary/aromatic N) is 3. The molecule has 0 aliphatic carbocycles. The van der Waals surface area contributed by atoms with Crippen LogP contribution in [0.2, 0.25) is 0 Å². The lowest BCUT2D eigenvalue weighted by Gasteiger charge is -2.36. The highest BCUT2D eigenvalue weighted by Crippen LogP contribution is 2.26. The molecule has 0 radical (unpaired) electrons. The van der Waals surface area contributed by atoms with Crippen molar-refractivity contribution in [3.05, 3.63) is 70.3 Å². The van der Waals surface area contributed by atoms with E-state index in [1.54, 1.807) is 34.1 Å². The van der Waals surface area contributed by atoms with Gasteiger partial charge in [0.1, 0.15) is 0 Å². The number of rotatable bonds is 5. The number of non-ortho nitro benzene ring substituents is 1. The van der Waals surface area contributed by atoms with Gasteiger partial charge in [-0.2, -0.15) is 0 Å². The molecule has 2 aromatic carbocycles. The summed E-state index contributed by atoms with van der Waals surface area (Å²) in [5, 5.41) is 10.4. The van der Waals surface area contributed by atoms with Gasteiger partial charge in [0.25, 0.3) is 11.6 Å². The summed E-state index contributed by atoms with van der Waals surface area (Å²) in [5.41, 5.74) is 0.687. The third-order valence-corrected chi connectivity index (χ3v) is 5.71. The van der Waals surface area contributed by atoms with Crippen molar-refractivity contribution in [2.24, 2.45) is 0 Å². The second-order valence-electron chi connectivity index (χ2n) is 6.49. The summed E-state index contributed by atoms with van der Waals surface area (Å²) in [6, 6.07) is 15.3. The van der Waals surface area contributed by atoms with Gasteiger partial charge in [-0.25, -0.2) is 0 Å². The molecule has 0 bridgehead atoms. The van der Waals surface area contributed by atoms with Crippen LogP contribution in [0.25, 0.3) is 0 Å². The van der Waals surface area contributed by atoms with Gasteiger partial charge in [-0.3, -0.25) is 19.7 Å². The van der Waals surface area contributed by atoms with Gasteiger partial charge in [0.2, 0.25) is 5.91 Å². The van der Waals surface area contributed by atoms with E-state index in [1.165, 1.54) is 23.9 Å². The van der Waals surface area contributed by atoms with Crippen LogP contribution in [0.15, 0.2) is 59.5 Å². The molecule has 28 heavy (non-hydrogen) atoms. The topological polar surface area (TPSA) is 83.8 Å². The number of nitro benzene ring substituents is 1. The second-order valence-corrected chi connectivity index (χ2v) is 7.91. The van der Waals surface area contributed by atoms with Gasteiger partial charge in [-0.05, 0) is 31.2 Å². The van der Waals surface area contributed by atoms with Crippen molar-refractivity contribution in [1.82, 2.24) is 9.80 Å². The first-order valence-corrected chi connectivity index (χ1v) is 9.88. The summed E-state index contributed by atoms with van der Waals surface area (Å²) in [6.07, 6.45) is 0. The minimum absolute atomic E-state index is 0.00941. The minimum Gasteiger partial charge on any atom is -0.338 e. The monoisotopic (exact) mass is 399 g/mol. The van der Waals surface area contributed by atoms with E-state index in [-0.39, 0.29) is 22.8 Å². The van der Waals surface area contributed by atoms with Crippen molar-refractivity contribution in [2.45, 2.75) is 17.1 Å². The summed E-state index contributed by atoms with van der Waals surface area (Å²) < 4.78 is 0. The Labute approximate surface area is 167 Å². The molecule has 0 saturated carbocycles. The molecule has 1 aliphatic heterocycles. The molecule has 1 fully saturated rings. The molecule has 1 unspecified atom stereocenters. The molecule has 1 atom stereocenters. The predicted octanol–water partition coefficient (Wildman–Crippen LogP) is 3.06. The Hall–Kier alpha value is -2.87. The summed E-state index contributed by atoms with van der Waals surface area (Å²) in [5.74, 6) is -0.00355. The number of hydrogen-bond donors (Lipinski definition) is 0. The van der Waals surface area contributed by atoms with Crippen LogP contribution in [0.1, 0.15) is 17.3 Å². The Morgan fingerprint density at radius 2 is 1.54 bits per heavy atom. The number of carbonyl (C=O) groups is 2. The summed E-state index contributed by atoms with van der Waals surface area (Å²) in [6.45, 7) is 3.85. The lowest BCUT2D eigenvalue weighted by Crippen LogP contribution is -2.52. The Morgan fingerprint density at radius 3 is 2.11 bits per heavy atom. The fourth-order valence-electron chi connectivity index (χ4n) is 3.05. The van der Waals surface area contributed by atoms with Crippen LogP contribution in [-0.2, 0) is 4.79 Å². The SMILES string of the molecule is CC(Sc1ccc([N+](=O)[O-])cc1)C(=O)N1CCN(C(=O)c2ccccc2)CC1. The van der Waals surface area contributed by atoms with Crippen molar-refractivity contribution < 1.29 is 14.5 Å². The number of nitro groups is 1. The molecular formula is C20H21N3O4S. The van der Waals surface area contributed by atoms with E-state index in [0.717, 1.165) is 4.90 Å². The molecule has 1 heterocycles. The molecule has 2 aromatic rings. The van der Waals surface area contributed by atoms with E-state index in [1.807, 2.05) is 25.1 Å². The van der Waals surface area contributed by atoms with E-state index < -0.39 is 4.92 Å². The van der Waals surface area contributed by atoms with Crippen LogP contribution >= 0.6 is 11.8 Å². The van der Waals surface area contributed by atoms with Crippen LogP contribution in [0.5, 0.6) is 0 Å². The number of hydrogen-bond acceptors (Lipinski definition) is 5. The van der Waals surface area contributed by atoms with Gasteiger partial charge in [0.15, 0.2) is 0 Å². The maximum Gasteiger partial charge on any atom is 0.269 e. The first-order valence-electron chi connectivity index (χ1n) is 9.00. The lowest BCUT2D eigenvalue weighted by molar-refractivity contribution is -0.384. The van der Waals surface area contributed by atoms with Crippen LogP contribution in [0.4, 0.5) is 5.69 Å². The van der Waals surface area contributed by atoms with E-state index in [4.69, 9.17) is 0 Å². The molecule has 7 nitrogen and oxygen atoms in total. The number of piperazine rings is 1. The molecule has 2 amide bonds. The van der Waals surface area contributed by atoms with E-state index in [0.29, 0.717) is 31.7 Å².